The lowest BCUT2D eigenvalue weighted by molar-refractivity contribution is 0.0560. The molecule has 1 heterocycles. The fourth-order valence-electron chi connectivity index (χ4n) is 2.59. The number of rotatable bonds is 8. The zero-order chi connectivity index (χ0) is 13.3. The lowest BCUT2D eigenvalue weighted by Crippen LogP contribution is -2.23. The summed E-state index contributed by atoms with van der Waals surface area (Å²) in [4.78, 5) is 2.49. The van der Waals surface area contributed by atoms with E-state index >= 15 is 0 Å². The predicted octanol–water partition coefficient (Wildman–Crippen LogP) is 2.41. The molecule has 1 aliphatic heterocycles. The van der Waals surface area contributed by atoms with E-state index in [1.165, 1.54) is 18.4 Å². The molecule has 19 heavy (non-hydrogen) atoms. The number of ether oxygens (including phenoxy) is 1. The van der Waals surface area contributed by atoms with E-state index < -0.39 is 0 Å². The van der Waals surface area contributed by atoms with Gasteiger partial charge < -0.3 is 10.5 Å². The molecule has 1 aromatic carbocycles. The van der Waals surface area contributed by atoms with E-state index in [0.717, 1.165) is 45.6 Å². The maximum atomic E-state index is 5.93. The quantitative estimate of drug-likeness (QED) is 0.731. The van der Waals surface area contributed by atoms with E-state index in [9.17, 15) is 0 Å². The van der Waals surface area contributed by atoms with Crippen LogP contribution >= 0.6 is 0 Å². The summed E-state index contributed by atoms with van der Waals surface area (Å²) in [5.41, 5.74) is 6.87. The third kappa shape index (κ3) is 5.31. The Morgan fingerprint density at radius 2 is 2.00 bits per heavy atom. The number of benzene rings is 1. The van der Waals surface area contributed by atoms with Gasteiger partial charge in [-0.2, -0.15) is 0 Å². The minimum absolute atomic E-state index is 0.432. The molecule has 0 radical (unpaired) electrons. The Labute approximate surface area is 116 Å². The predicted molar refractivity (Wildman–Crippen MR) is 79.0 cm³/mol. The molecule has 0 aliphatic carbocycles. The van der Waals surface area contributed by atoms with E-state index in [1.54, 1.807) is 0 Å². The van der Waals surface area contributed by atoms with Gasteiger partial charge in [-0.3, -0.25) is 4.90 Å². The molecule has 1 unspecified atom stereocenters. The van der Waals surface area contributed by atoms with Crippen molar-refractivity contribution in [3.8, 4) is 0 Å². The number of nitrogens with two attached hydrogens (primary N) is 1. The van der Waals surface area contributed by atoms with Gasteiger partial charge in [0.15, 0.2) is 0 Å². The molecule has 3 nitrogen and oxygen atoms in total. The highest BCUT2D eigenvalue weighted by atomic mass is 16.5. The van der Waals surface area contributed by atoms with Crippen molar-refractivity contribution in [1.82, 2.24) is 4.90 Å². The second kappa shape index (κ2) is 8.31. The van der Waals surface area contributed by atoms with Crippen LogP contribution in [0.4, 0.5) is 0 Å². The van der Waals surface area contributed by atoms with Crippen LogP contribution in [0.1, 0.15) is 31.2 Å². The monoisotopic (exact) mass is 262 g/mol. The van der Waals surface area contributed by atoms with Crippen LogP contribution in [0.15, 0.2) is 30.3 Å². The molecule has 0 spiro atoms. The van der Waals surface area contributed by atoms with E-state index in [4.69, 9.17) is 10.5 Å². The van der Waals surface area contributed by atoms with Gasteiger partial charge in [-0.1, -0.05) is 30.3 Å². The molecule has 1 aromatic rings. The number of unbranched alkanes of at least 4 members (excludes halogenated alkanes) is 2. The summed E-state index contributed by atoms with van der Waals surface area (Å²) < 4.78 is 5.93. The normalized spacial score (nSPS) is 19.9. The Bertz CT molecular complexity index is 342. The Morgan fingerprint density at radius 1 is 1.16 bits per heavy atom. The topological polar surface area (TPSA) is 38.5 Å². The lowest BCUT2D eigenvalue weighted by atomic mass is 10.2. The smallest absolute Gasteiger partial charge is 0.0714 e. The first-order chi connectivity index (χ1) is 9.38. The van der Waals surface area contributed by atoms with E-state index in [-0.39, 0.29) is 0 Å². The molecule has 2 rings (SSSR count). The zero-order valence-corrected chi connectivity index (χ0v) is 11.8. The summed E-state index contributed by atoms with van der Waals surface area (Å²) in [6.45, 7) is 4.97. The highest BCUT2D eigenvalue weighted by Crippen LogP contribution is 2.16. The molecule has 0 amide bonds. The maximum absolute atomic E-state index is 5.93. The molecule has 1 fully saturated rings. The van der Waals surface area contributed by atoms with Crippen molar-refractivity contribution in [3.05, 3.63) is 35.9 Å². The van der Waals surface area contributed by atoms with Crippen LogP contribution in [0, 0.1) is 0 Å². The van der Waals surface area contributed by atoms with Crippen molar-refractivity contribution in [3.63, 3.8) is 0 Å². The van der Waals surface area contributed by atoms with Crippen LogP contribution in [-0.4, -0.2) is 37.2 Å². The van der Waals surface area contributed by atoms with E-state index in [2.05, 4.69) is 35.2 Å². The molecule has 3 heteroatoms. The summed E-state index contributed by atoms with van der Waals surface area (Å²) in [6.07, 6.45) is 5.06. The van der Waals surface area contributed by atoms with E-state index in [0.29, 0.717) is 6.10 Å². The molecule has 0 saturated carbocycles. The van der Waals surface area contributed by atoms with Crippen LogP contribution in [-0.2, 0) is 11.3 Å². The van der Waals surface area contributed by atoms with Gasteiger partial charge in [0.1, 0.15) is 0 Å². The first kappa shape index (κ1) is 14.5. The molecular formula is C16H26N2O. The Morgan fingerprint density at radius 3 is 2.79 bits per heavy atom. The van der Waals surface area contributed by atoms with Gasteiger partial charge in [0, 0.05) is 26.2 Å². The molecular weight excluding hydrogens is 236 g/mol. The van der Waals surface area contributed by atoms with Gasteiger partial charge in [0.2, 0.25) is 0 Å². The minimum atomic E-state index is 0.432. The molecule has 1 saturated heterocycles. The Kier molecular flexibility index (Phi) is 6.34. The van der Waals surface area contributed by atoms with Gasteiger partial charge in [-0.25, -0.2) is 0 Å². The fraction of sp³-hybridized carbons (Fsp3) is 0.625. The lowest BCUT2D eigenvalue weighted by Gasteiger charge is -2.16. The summed E-state index contributed by atoms with van der Waals surface area (Å²) in [5.74, 6) is 0. The second-order valence-corrected chi connectivity index (χ2v) is 5.35. The van der Waals surface area contributed by atoms with Gasteiger partial charge in [-0.15, -0.1) is 0 Å². The maximum Gasteiger partial charge on any atom is 0.0714 e. The Balaban J connectivity index is 1.60. The zero-order valence-electron chi connectivity index (χ0n) is 11.8. The average Bonchev–Trinajstić information content (AvgIpc) is 2.87. The van der Waals surface area contributed by atoms with Crippen LogP contribution < -0.4 is 5.73 Å². The largest absolute Gasteiger partial charge is 0.377 e. The van der Waals surface area contributed by atoms with Gasteiger partial charge in [-0.05, 0) is 37.8 Å². The molecule has 1 atom stereocenters. The summed E-state index contributed by atoms with van der Waals surface area (Å²) >= 11 is 0. The fourth-order valence-corrected chi connectivity index (χ4v) is 2.59. The number of likely N-dealkylation sites (tertiary alicyclic amines) is 1. The van der Waals surface area contributed by atoms with Gasteiger partial charge in [0.05, 0.1) is 6.10 Å². The minimum Gasteiger partial charge on any atom is -0.377 e. The van der Waals surface area contributed by atoms with Crippen LogP contribution in [0.2, 0.25) is 0 Å². The van der Waals surface area contributed by atoms with Crippen LogP contribution in [0.25, 0.3) is 0 Å². The second-order valence-electron chi connectivity index (χ2n) is 5.35. The van der Waals surface area contributed by atoms with Crippen molar-refractivity contribution >= 4 is 0 Å². The van der Waals surface area contributed by atoms with Gasteiger partial charge in [0.25, 0.3) is 0 Å². The third-order valence-corrected chi connectivity index (χ3v) is 3.68. The average molecular weight is 262 g/mol. The van der Waals surface area contributed by atoms with E-state index in [1.807, 2.05) is 0 Å². The van der Waals surface area contributed by atoms with Crippen molar-refractivity contribution in [2.24, 2.45) is 5.73 Å². The molecule has 106 valence electrons. The summed E-state index contributed by atoms with van der Waals surface area (Å²) in [7, 11) is 0. The first-order valence-electron chi connectivity index (χ1n) is 7.46. The number of hydrogen-bond acceptors (Lipinski definition) is 3. The molecule has 1 aliphatic rings. The van der Waals surface area contributed by atoms with Crippen molar-refractivity contribution in [1.29, 1.82) is 0 Å². The van der Waals surface area contributed by atoms with Crippen LogP contribution in [0.3, 0.4) is 0 Å². The van der Waals surface area contributed by atoms with Crippen molar-refractivity contribution < 1.29 is 4.74 Å². The molecule has 0 aromatic heterocycles. The number of hydrogen-bond donors (Lipinski definition) is 1. The highest BCUT2D eigenvalue weighted by molar-refractivity contribution is 5.14. The van der Waals surface area contributed by atoms with Crippen molar-refractivity contribution in [2.75, 3.05) is 26.2 Å². The SMILES string of the molecule is NCCCCCOC1CCN(Cc2ccccc2)C1. The molecule has 2 N–H and O–H groups in total. The first-order valence-corrected chi connectivity index (χ1v) is 7.46. The highest BCUT2D eigenvalue weighted by Gasteiger charge is 2.22. The standard InChI is InChI=1S/C16H26N2O/c17-10-5-2-6-12-19-16-9-11-18(14-16)13-15-7-3-1-4-8-15/h1,3-4,7-8,16H,2,5-6,9-14,17H2. The Hall–Kier alpha value is -0.900. The van der Waals surface area contributed by atoms with Gasteiger partial charge >= 0.3 is 0 Å². The summed E-state index contributed by atoms with van der Waals surface area (Å²) in [6, 6.07) is 10.7. The molecule has 0 bridgehead atoms. The van der Waals surface area contributed by atoms with Crippen LogP contribution in [0.5, 0.6) is 0 Å². The van der Waals surface area contributed by atoms with Crippen molar-refractivity contribution in [2.45, 2.75) is 38.3 Å². The third-order valence-electron chi connectivity index (χ3n) is 3.68. The summed E-state index contributed by atoms with van der Waals surface area (Å²) in [5, 5.41) is 0. The number of nitrogens with zero attached hydrogens (tertiary/aromatic N) is 1.